The van der Waals surface area contributed by atoms with E-state index in [9.17, 15) is 10.1 Å². The molecule has 1 aliphatic rings. The maximum atomic E-state index is 10.6. The molecular formula is C11H14N2O3. The van der Waals surface area contributed by atoms with Crippen molar-refractivity contribution < 1.29 is 9.66 Å². The van der Waals surface area contributed by atoms with Gasteiger partial charge in [0.2, 0.25) is 0 Å². The van der Waals surface area contributed by atoms with Gasteiger partial charge >= 0.3 is 0 Å². The minimum atomic E-state index is -0.429. The fourth-order valence-corrected chi connectivity index (χ4v) is 1.95. The van der Waals surface area contributed by atoms with E-state index < -0.39 is 4.92 Å². The fourth-order valence-electron chi connectivity index (χ4n) is 1.95. The van der Waals surface area contributed by atoms with Gasteiger partial charge in [-0.15, -0.1) is 0 Å². The average Bonchev–Trinajstić information content (AvgIpc) is 2.65. The van der Waals surface area contributed by atoms with Crippen molar-refractivity contribution in [3.05, 3.63) is 34.4 Å². The number of nitrogens with two attached hydrogens (primary N) is 1. The zero-order chi connectivity index (χ0) is 11.5. The van der Waals surface area contributed by atoms with Crippen molar-refractivity contribution in [1.82, 2.24) is 0 Å². The van der Waals surface area contributed by atoms with Gasteiger partial charge in [0.05, 0.1) is 11.0 Å². The fraction of sp³-hybridized carbons (Fsp3) is 0.455. The van der Waals surface area contributed by atoms with E-state index in [1.54, 1.807) is 12.1 Å². The molecule has 0 saturated heterocycles. The summed E-state index contributed by atoms with van der Waals surface area (Å²) in [5.74, 6) is 0.525. The first-order valence-electron chi connectivity index (χ1n) is 5.33. The van der Waals surface area contributed by atoms with Gasteiger partial charge < -0.3 is 10.5 Å². The minimum Gasteiger partial charge on any atom is -0.489 e. The van der Waals surface area contributed by atoms with Crippen LogP contribution in [-0.2, 0) is 0 Å². The molecule has 16 heavy (non-hydrogen) atoms. The molecule has 2 unspecified atom stereocenters. The van der Waals surface area contributed by atoms with Crippen molar-refractivity contribution in [3.63, 3.8) is 0 Å². The van der Waals surface area contributed by atoms with E-state index in [1.807, 2.05) is 0 Å². The SMILES string of the molecule is NC1CCCC1Oc1cccc([N+](=O)[O-])c1. The van der Waals surface area contributed by atoms with Gasteiger partial charge in [-0.2, -0.15) is 0 Å². The second-order valence-electron chi connectivity index (χ2n) is 4.01. The number of hydrogen-bond donors (Lipinski definition) is 1. The lowest BCUT2D eigenvalue weighted by Gasteiger charge is -2.17. The Balaban J connectivity index is 2.09. The van der Waals surface area contributed by atoms with Crippen LogP contribution in [0.2, 0.25) is 0 Å². The molecule has 5 nitrogen and oxygen atoms in total. The number of benzene rings is 1. The Morgan fingerprint density at radius 2 is 2.25 bits per heavy atom. The molecule has 0 heterocycles. The molecule has 0 aliphatic heterocycles. The van der Waals surface area contributed by atoms with Crippen LogP contribution < -0.4 is 10.5 Å². The first-order valence-corrected chi connectivity index (χ1v) is 5.33. The van der Waals surface area contributed by atoms with Crippen LogP contribution in [0.15, 0.2) is 24.3 Å². The summed E-state index contributed by atoms with van der Waals surface area (Å²) >= 11 is 0. The molecule has 1 aliphatic carbocycles. The van der Waals surface area contributed by atoms with E-state index in [4.69, 9.17) is 10.5 Å². The minimum absolute atomic E-state index is 0.0120. The highest BCUT2D eigenvalue weighted by Gasteiger charge is 2.25. The van der Waals surface area contributed by atoms with Crippen molar-refractivity contribution in [1.29, 1.82) is 0 Å². The quantitative estimate of drug-likeness (QED) is 0.625. The van der Waals surface area contributed by atoms with Crippen LogP contribution in [0.1, 0.15) is 19.3 Å². The lowest BCUT2D eigenvalue weighted by Crippen LogP contribution is -2.33. The van der Waals surface area contributed by atoms with E-state index in [1.165, 1.54) is 12.1 Å². The topological polar surface area (TPSA) is 78.4 Å². The number of nitro benzene ring substituents is 1. The van der Waals surface area contributed by atoms with Crippen LogP contribution in [-0.4, -0.2) is 17.1 Å². The summed E-state index contributed by atoms with van der Waals surface area (Å²) in [7, 11) is 0. The molecule has 5 heteroatoms. The molecule has 86 valence electrons. The van der Waals surface area contributed by atoms with Crippen molar-refractivity contribution in [2.45, 2.75) is 31.4 Å². The molecule has 0 amide bonds. The Kier molecular flexibility index (Phi) is 3.05. The van der Waals surface area contributed by atoms with Gasteiger partial charge in [0.25, 0.3) is 5.69 Å². The van der Waals surface area contributed by atoms with Gasteiger partial charge in [-0.25, -0.2) is 0 Å². The number of nitrogens with zero attached hydrogens (tertiary/aromatic N) is 1. The summed E-state index contributed by atoms with van der Waals surface area (Å²) in [5.41, 5.74) is 5.91. The second kappa shape index (κ2) is 4.49. The molecule has 0 bridgehead atoms. The maximum absolute atomic E-state index is 10.6. The lowest BCUT2D eigenvalue weighted by atomic mass is 10.2. The van der Waals surface area contributed by atoms with Crippen LogP contribution in [0.5, 0.6) is 5.75 Å². The molecular weight excluding hydrogens is 208 g/mol. The highest BCUT2D eigenvalue weighted by atomic mass is 16.6. The van der Waals surface area contributed by atoms with E-state index in [0.29, 0.717) is 5.75 Å². The predicted octanol–water partition coefficient (Wildman–Crippen LogP) is 1.85. The van der Waals surface area contributed by atoms with Gasteiger partial charge in [0.15, 0.2) is 0 Å². The van der Waals surface area contributed by atoms with Crippen LogP contribution >= 0.6 is 0 Å². The summed E-state index contributed by atoms with van der Waals surface area (Å²) in [4.78, 5) is 10.2. The van der Waals surface area contributed by atoms with E-state index in [0.717, 1.165) is 19.3 Å². The number of nitro groups is 1. The highest BCUT2D eigenvalue weighted by Crippen LogP contribution is 2.25. The maximum Gasteiger partial charge on any atom is 0.273 e. The highest BCUT2D eigenvalue weighted by molar-refractivity contribution is 5.38. The van der Waals surface area contributed by atoms with E-state index in [-0.39, 0.29) is 17.8 Å². The molecule has 2 rings (SSSR count). The summed E-state index contributed by atoms with van der Waals surface area (Å²) < 4.78 is 5.65. The van der Waals surface area contributed by atoms with Crippen molar-refractivity contribution in [2.24, 2.45) is 5.73 Å². The van der Waals surface area contributed by atoms with Crippen LogP contribution in [0.3, 0.4) is 0 Å². The van der Waals surface area contributed by atoms with Crippen molar-refractivity contribution in [2.75, 3.05) is 0 Å². The Morgan fingerprint density at radius 1 is 1.44 bits per heavy atom. The molecule has 1 fully saturated rings. The molecule has 0 spiro atoms. The molecule has 0 radical (unpaired) electrons. The van der Waals surface area contributed by atoms with Gasteiger partial charge in [0.1, 0.15) is 11.9 Å². The predicted molar refractivity (Wildman–Crippen MR) is 59.3 cm³/mol. The van der Waals surface area contributed by atoms with E-state index in [2.05, 4.69) is 0 Å². The zero-order valence-corrected chi connectivity index (χ0v) is 8.83. The number of rotatable bonds is 3. The van der Waals surface area contributed by atoms with Crippen molar-refractivity contribution >= 4 is 5.69 Å². The molecule has 1 aromatic rings. The van der Waals surface area contributed by atoms with E-state index >= 15 is 0 Å². The Hall–Kier alpha value is -1.62. The van der Waals surface area contributed by atoms with Gasteiger partial charge in [-0.05, 0) is 25.3 Å². The Bertz CT molecular complexity index is 395. The first-order chi connectivity index (χ1) is 7.66. The van der Waals surface area contributed by atoms with Gasteiger partial charge in [0, 0.05) is 12.1 Å². The van der Waals surface area contributed by atoms with Gasteiger partial charge in [-0.1, -0.05) is 6.07 Å². The summed E-state index contributed by atoms with van der Waals surface area (Å²) in [6.45, 7) is 0. The van der Waals surface area contributed by atoms with Gasteiger partial charge in [-0.3, -0.25) is 10.1 Å². The smallest absolute Gasteiger partial charge is 0.273 e. The largest absolute Gasteiger partial charge is 0.489 e. The number of non-ortho nitro benzene ring substituents is 1. The summed E-state index contributed by atoms with van der Waals surface area (Å²) in [6.07, 6.45) is 2.92. The monoisotopic (exact) mass is 222 g/mol. The molecule has 1 saturated carbocycles. The Labute approximate surface area is 93.4 Å². The first kappa shape index (κ1) is 10.9. The zero-order valence-electron chi connectivity index (χ0n) is 8.83. The second-order valence-corrected chi connectivity index (χ2v) is 4.01. The summed E-state index contributed by atoms with van der Waals surface area (Å²) in [5, 5.41) is 10.6. The van der Waals surface area contributed by atoms with Crippen LogP contribution in [0.25, 0.3) is 0 Å². The number of ether oxygens (including phenoxy) is 1. The molecule has 2 N–H and O–H groups in total. The standard InChI is InChI=1S/C11H14N2O3/c12-10-5-2-6-11(10)16-9-4-1-3-8(7-9)13(14)15/h1,3-4,7,10-11H,2,5-6,12H2. The van der Waals surface area contributed by atoms with Crippen LogP contribution in [0, 0.1) is 10.1 Å². The summed E-state index contributed by atoms with van der Waals surface area (Å²) in [6, 6.07) is 6.26. The van der Waals surface area contributed by atoms with Crippen molar-refractivity contribution in [3.8, 4) is 5.75 Å². The third-order valence-corrected chi connectivity index (χ3v) is 2.82. The molecule has 1 aromatic carbocycles. The molecule has 2 atom stereocenters. The third kappa shape index (κ3) is 2.30. The van der Waals surface area contributed by atoms with Crippen LogP contribution in [0.4, 0.5) is 5.69 Å². The Morgan fingerprint density at radius 3 is 2.88 bits per heavy atom. The average molecular weight is 222 g/mol. The number of hydrogen-bond acceptors (Lipinski definition) is 4. The normalized spacial score (nSPS) is 24.3. The third-order valence-electron chi connectivity index (χ3n) is 2.82. The lowest BCUT2D eigenvalue weighted by molar-refractivity contribution is -0.384. The molecule has 0 aromatic heterocycles.